The van der Waals surface area contributed by atoms with Crippen molar-refractivity contribution in [1.82, 2.24) is 45.4 Å². The van der Waals surface area contributed by atoms with Crippen LogP contribution in [-0.4, -0.2) is 110 Å². The number of aromatic nitrogens is 5. The van der Waals surface area contributed by atoms with Crippen LogP contribution in [0.3, 0.4) is 0 Å². The summed E-state index contributed by atoms with van der Waals surface area (Å²) < 4.78 is 12.9. The van der Waals surface area contributed by atoms with Gasteiger partial charge < -0.3 is 46.1 Å². The van der Waals surface area contributed by atoms with E-state index in [0.29, 0.717) is 41.6 Å². The molecule has 18 nitrogen and oxygen atoms in total. The molecule has 0 spiro atoms. The Balaban J connectivity index is 0.896. The number of anilines is 2. The Bertz CT molecular complexity index is 2530. The van der Waals surface area contributed by atoms with E-state index in [-0.39, 0.29) is 60.6 Å². The maximum Gasteiger partial charge on any atom is 0.323 e. The highest BCUT2D eigenvalue weighted by Crippen LogP contribution is 2.31. The first-order valence-electron chi connectivity index (χ1n) is 22.7. The predicted octanol–water partition coefficient (Wildman–Crippen LogP) is 7.50. The van der Waals surface area contributed by atoms with E-state index in [1.165, 1.54) is 27.9 Å². The number of pyridine rings is 1. The number of β-amino-alcohol motifs (C(OH)–C–C–N with tert-alkyl or cyclic N) is 1. The number of likely N-dealkylation sites (tertiary alicyclic amines) is 1. The lowest BCUT2D eigenvalue weighted by atomic mass is 9.85. The lowest BCUT2D eigenvalue weighted by Crippen LogP contribution is -2.57. The van der Waals surface area contributed by atoms with Crippen molar-refractivity contribution in [1.29, 1.82) is 0 Å². The van der Waals surface area contributed by atoms with Crippen LogP contribution in [0.4, 0.5) is 16.2 Å². The minimum atomic E-state index is -0.894. The van der Waals surface area contributed by atoms with E-state index in [0.717, 1.165) is 41.0 Å². The SMILES string of the molecule is COC(C)c1c(NC(=O)Nc2cc(Cl)cnc2OCCNCCCCCCC(=O)NC(C(=O)N2C[C@H](O)C[C@H]2C(=O)NC(C)c2ccc(-c3scnc3C)cc2)C(C)(C)C)cnc2cc(Cl)nn12. The highest BCUT2D eigenvalue weighted by Gasteiger charge is 2.44. The number of hydrogen-bond donors (Lipinski definition) is 6. The second kappa shape index (κ2) is 23.7. The Kier molecular flexibility index (Phi) is 18.1. The van der Waals surface area contributed by atoms with Gasteiger partial charge in [-0.05, 0) is 62.8 Å². The molecule has 5 atom stereocenters. The molecule has 68 heavy (non-hydrogen) atoms. The predicted molar refractivity (Wildman–Crippen MR) is 263 cm³/mol. The maximum atomic E-state index is 14.1. The third-order valence-corrected chi connectivity index (χ3v) is 13.0. The molecule has 4 aromatic heterocycles. The van der Waals surface area contributed by atoms with Crippen molar-refractivity contribution in [2.75, 3.05) is 44.0 Å². The number of unbranched alkanes of at least 4 members (excludes halogenated alkanes) is 3. The summed E-state index contributed by atoms with van der Waals surface area (Å²) >= 11 is 13.9. The second-order valence-corrected chi connectivity index (χ2v) is 19.6. The molecule has 6 N–H and O–H groups in total. The number of fused-ring (bicyclic) bond motifs is 1. The number of aliphatic hydroxyl groups is 1. The third-order valence-electron chi connectivity index (χ3n) is 11.6. The molecular weight excluding hydrogens is 934 g/mol. The van der Waals surface area contributed by atoms with Gasteiger partial charge in [-0.1, -0.05) is 81.1 Å². The molecule has 0 saturated carbocycles. The maximum absolute atomic E-state index is 14.1. The van der Waals surface area contributed by atoms with Gasteiger partial charge in [0.15, 0.2) is 10.8 Å². The van der Waals surface area contributed by atoms with Crippen molar-refractivity contribution in [2.45, 2.75) is 110 Å². The topological polar surface area (TPSA) is 226 Å². The third kappa shape index (κ3) is 13.6. The lowest BCUT2D eigenvalue weighted by Gasteiger charge is -2.35. The Morgan fingerprint density at radius 1 is 0.941 bits per heavy atom. The zero-order valence-corrected chi connectivity index (χ0v) is 41.7. The normalized spacial score (nSPS) is 16.3. The standard InChI is InChI=1S/C47H61Cl2N11O7S/c1-27(30-13-15-31(16-14-30)41-28(2)53-26-68-41)54-43(63)36-21-33(61)25-59(36)45(64)42(47(4,5)6)57-39(62)12-10-8-9-11-17-50-18-19-67-44-34(20-32(48)23-52-44)55-46(65)56-35-24-51-38-22-37(49)58-60(38)40(35)29(3)66-7/h13-16,20,22-24,26-27,29,33,36,42,50,61H,8-12,17-19,21,25H2,1-7H3,(H,54,63)(H,57,62)(H2,55,56,65)/t27?,29?,33-,36+,42?/m1/s1. The monoisotopic (exact) mass is 993 g/mol. The van der Waals surface area contributed by atoms with Crippen LogP contribution in [0.1, 0.15) is 102 Å². The molecule has 1 aliphatic heterocycles. The average Bonchev–Trinajstić information content (AvgIpc) is 4.02. The number of methoxy groups -OCH3 is 1. The number of nitrogens with zero attached hydrogens (tertiary/aromatic N) is 6. The number of carbonyl (C=O) groups is 4. The summed E-state index contributed by atoms with van der Waals surface area (Å²) in [5, 5.41) is 30.3. The van der Waals surface area contributed by atoms with Gasteiger partial charge in [0, 0.05) is 45.3 Å². The van der Waals surface area contributed by atoms with Crippen molar-refractivity contribution in [3.8, 4) is 16.3 Å². The minimum absolute atomic E-state index is 0.00287. The number of thiazole rings is 1. The van der Waals surface area contributed by atoms with Crippen molar-refractivity contribution in [3.05, 3.63) is 81.4 Å². The quantitative estimate of drug-likeness (QED) is 0.0393. The number of benzene rings is 1. The first-order chi connectivity index (χ1) is 32.4. The molecule has 1 fully saturated rings. The van der Waals surface area contributed by atoms with Gasteiger partial charge in [0.1, 0.15) is 24.4 Å². The summed E-state index contributed by atoms with van der Waals surface area (Å²) in [7, 11) is 1.54. The Labute approximate surface area is 410 Å². The van der Waals surface area contributed by atoms with Gasteiger partial charge in [0.25, 0.3) is 0 Å². The number of aryl methyl sites for hydroxylation is 1. The smallest absolute Gasteiger partial charge is 0.323 e. The molecule has 1 saturated heterocycles. The number of carbonyl (C=O) groups excluding carboxylic acids is 4. The zero-order valence-electron chi connectivity index (χ0n) is 39.4. The first-order valence-corrected chi connectivity index (χ1v) is 24.3. The molecule has 3 unspecified atom stereocenters. The highest BCUT2D eigenvalue weighted by atomic mass is 35.5. The summed E-state index contributed by atoms with van der Waals surface area (Å²) in [5.74, 6) is -0.806. The number of nitrogens with one attached hydrogen (secondary N) is 5. The molecule has 0 aliphatic carbocycles. The summed E-state index contributed by atoms with van der Waals surface area (Å²) in [6.45, 7) is 12.8. The van der Waals surface area contributed by atoms with E-state index in [2.05, 4.69) is 46.6 Å². The number of hydrogen-bond acceptors (Lipinski definition) is 13. The van der Waals surface area contributed by atoms with Gasteiger partial charge in [-0.25, -0.2) is 24.3 Å². The van der Waals surface area contributed by atoms with Gasteiger partial charge in [-0.2, -0.15) is 5.10 Å². The van der Waals surface area contributed by atoms with Crippen LogP contribution in [-0.2, 0) is 19.1 Å². The number of urea groups is 1. The van der Waals surface area contributed by atoms with Crippen LogP contribution >= 0.6 is 34.5 Å². The first kappa shape index (κ1) is 51.9. The summed E-state index contributed by atoms with van der Waals surface area (Å²) in [6.07, 6.45) is 5.15. The number of rotatable bonds is 21. The van der Waals surface area contributed by atoms with E-state index in [1.54, 1.807) is 24.5 Å². The lowest BCUT2D eigenvalue weighted by molar-refractivity contribution is -0.144. The van der Waals surface area contributed by atoms with Crippen LogP contribution in [0, 0.1) is 12.3 Å². The van der Waals surface area contributed by atoms with E-state index < -0.39 is 41.6 Å². The zero-order chi connectivity index (χ0) is 49.1. The van der Waals surface area contributed by atoms with Crippen LogP contribution in [0.15, 0.2) is 54.3 Å². The van der Waals surface area contributed by atoms with Crippen molar-refractivity contribution in [3.63, 3.8) is 0 Å². The second-order valence-electron chi connectivity index (χ2n) is 17.9. The fraction of sp³-hybridized carbons (Fsp3) is 0.489. The van der Waals surface area contributed by atoms with Crippen LogP contribution < -0.4 is 31.3 Å². The van der Waals surface area contributed by atoms with Crippen LogP contribution in [0.2, 0.25) is 10.2 Å². The van der Waals surface area contributed by atoms with Gasteiger partial charge in [0.05, 0.1) is 56.9 Å². The highest BCUT2D eigenvalue weighted by molar-refractivity contribution is 7.13. The Morgan fingerprint density at radius 2 is 1.68 bits per heavy atom. The van der Waals surface area contributed by atoms with E-state index in [4.69, 9.17) is 32.7 Å². The Morgan fingerprint density at radius 3 is 2.38 bits per heavy atom. The largest absolute Gasteiger partial charge is 0.475 e. The molecule has 0 radical (unpaired) electrons. The molecule has 1 aliphatic rings. The van der Waals surface area contributed by atoms with Crippen LogP contribution in [0.5, 0.6) is 5.88 Å². The number of halogens is 2. The number of ether oxygens (including phenoxy) is 2. The fourth-order valence-corrected chi connectivity index (χ4v) is 9.06. The molecule has 5 aromatic rings. The number of amides is 5. The van der Waals surface area contributed by atoms with Crippen molar-refractivity contribution >= 4 is 75.3 Å². The Hall–Kier alpha value is -5.44. The van der Waals surface area contributed by atoms with Crippen molar-refractivity contribution in [2.24, 2.45) is 5.41 Å². The molecular formula is C47H61Cl2N11O7S. The molecule has 6 rings (SSSR count). The summed E-state index contributed by atoms with van der Waals surface area (Å²) in [5.41, 5.74) is 5.74. The fourth-order valence-electron chi connectivity index (χ4n) is 7.91. The molecule has 0 bridgehead atoms. The van der Waals surface area contributed by atoms with Gasteiger partial charge in [0.2, 0.25) is 23.6 Å². The van der Waals surface area contributed by atoms with E-state index in [1.807, 2.05) is 71.3 Å². The summed E-state index contributed by atoms with van der Waals surface area (Å²) in [4.78, 5) is 69.6. The molecule has 366 valence electrons. The van der Waals surface area contributed by atoms with E-state index in [9.17, 15) is 24.3 Å². The summed E-state index contributed by atoms with van der Waals surface area (Å²) in [6, 6.07) is 8.38. The van der Waals surface area contributed by atoms with Gasteiger partial charge >= 0.3 is 6.03 Å². The van der Waals surface area contributed by atoms with Crippen molar-refractivity contribution < 1.29 is 33.8 Å². The van der Waals surface area contributed by atoms with Crippen LogP contribution in [0.25, 0.3) is 16.1 Å². The number of aliphatic hydroxyl groups excluding tert-OH is 1. The van der Waals surface area contributed by atoms with Gasteiger partial charge in [-0.15, -0.1) is 11.3 Å². The molecule has 1 aromatic carbocycles. The molecule has 21 heteroatoms. The molecule has 5 amide bonds. The molecule has 5 heterocycles. The average molecular weight is 995 g/mol. The minimum Gasteiger partial charge on any atom is -0.475 e. The van der Waals surface area contributed by atoms with E-state index >= 15 is 0 Å². The van der Waals surface area contributed by atoms with Gasteiger partial charge in [-0.3, -0.25) is 14.4 Å².